The van der Waals surface area contributed by atoms with E-state index in [4.69, 9.17) is 4.74 Å². The van der Waals surface area contributed by atoms with Gasteiger partial charge < -0.3 is 9.64 Å². The lowest BCUT2D eigenvalue weighted by Crippen LogP contribution is -2.41. The predicted octanol–water partition coefficient (Wildman–Crippen LogP) is 4.50. The van der Waals surface area contributed by atoms with Gasteiger partial charge in [0, 0.05) is 18.5 Å². The highest BCUT2D eigenvalue weighted by molar-refractivity contribution is 6.00. The zero-order valence-corrected chi connectivity index (χ0v) is 15.7. The van der Waals surface area contributed by atoms with E-state index >= 15 is 0 Å². The number of anilines is 1. The highest BCUT2D eigenvalue weighted by Gasteiger charge is 2.22. The molecule has 0 bridgehead atoms. The van der Waals surface area contributed by atoms with E-state index in [1.54, 1.807) is 7.11 Å². The SMILES string of the molecule is COc1cccc(-c2ccc3c(NC(=O)N4CCCC(C)C4)n[nH]c3c2)c1. The molecule has 27 heavy (non-hydrogen) atoms. The predicted molar refractivity (Wildman–Crippen MR) is 107 cm³/mol. The van der Waals surface area contributed by atoms with Crippen molar-refractivity contribution in [2.75, 3.05) is 25.5 Å². The Balaban J connectivity index is 1.56. The molecule has 6 heteroatoms. The third kappa shape index (κ3) is 3.60. The quantitative estimate of drug-likeness (QED) is 0.719. The third-order valence-electron chi connectivity index (χ3n) is 5.14. The Labute approximate surface area is 158 Å². The van der Waals surface area contributed by atoms with Crippen molar-refractivity contribution in [2.45, 2.75) is 19.8 Å². The standard InChI is InChI=1S/C21H24N4O2/c1-14-5-4-10-25(13-14)21(26)22-20-18-9-8-16(12-19(18)23-24-20)15-6-3-7-17(11-15)27-2/h3,6-9,11-12,14H,4-5,10,13H2,1-2H3,(H2,22,23,24,26). The van der Waals surface area contributed by atoms with Crippen LogP contribution in [-0.4, -0.2) is 41.3 Å². The normalized spacial score (nSPS) is 17.1. The van der Waals surface area contributed by atoms with Crippen molar-refractivity contribution in [2.24, 2.45) is 5.92 Å². The second-order valence-electron chi connectivity index (χ2n) is 7.19. The van der Waals surface area contributed by atoms with E-state index in [0.717, 1.165) is 47.3 Å². The molecule has 1 atom stereocenters. The maximum Gasteiger partial charge on any atom is 0.323 e. The summed E-state index contributed by atoms with van der Waals surface area (Å²) in [5, 5.41) is 11.2. The van der Waals surface area contributed by atoms with Gasteiger partial charge >= 0.3 is 6.03 Å². The average molecular weight is 364 g/mol. The molecule has 0 saturated carbocycles. The number of aromatic amines is 1. The highest BCUT2D eigenvalue weighted by atomic mass is 16.5. The van der Waals surface area contributed by atoms with Gasteiger partial charge in [0.05, 0.1) is 12.6 Å². The van der Waals surface area contributed by atoms with E-state index in [1.165, 1.54) is 6.42 Å². The molecule has 1 fully saturated rings. The monoisotopic (exact) mass is 364 g/mol. The summed E-state index contributed by atoms with van der Waals surface area (Å²) in [7, 11) is 1.66. The van der Waals surface area contributed by atoms with E-state index in [0.29, 0.717) is 11.7 Å². The van der Waals surface area contributed by atoms with Crippen molar-refractivity contribution >= 4 is 22.8 Å². The van der Waals surface area contributed by atoms with Crippen LogP contribution in [0.3, 0.4) is 0 Å². The van der Waals surface area contributed by atoms with Gasteiger partial charge in [-0.2, -0.15) is 5.10 Å². The fourth-order valence-corrected chi connectivity index (χ4v) is 3.65. The third-order valence-corrected chi connectivity index (χ3v) is 5.14. The number of piperidine rings is 1. The van der Waals surface area contributed by atoms with Crippen LogP contribution in [0.15, 0.2) is 42.5 Å². The van der Waals surface area contributed by atoms with Crippen LogP contribution in [0, 0.1) is 5.92 Å². The highest BCUT2D eigenvalue weighted by Crippen LogP contribution is 2.29. The first-order valence-electron chi connectivity index (χ1n) is 9.32. The fraction of sp³-hybridized carbons (Fsp3) is 0.333. The Kier molecular flexibility index (Phi) is 4.71. The number of likely N-dealkylation sites (tertiary alicyclic amines) is 1. The number of nitrogens with zero attached hydrogens (tertiary/aromatic N) is 2. The average Bonchev–Trinajstić information content (AvgIpc) is 3.10. The molecule has 0 spiro atoms. The zero-order chi connectivity index (χ0) is 18.8. The number of aromatic nitrogens is 2. The number of carbonyl (C=O) groups excluding carboxylic acids is 1. The molecule has 0 radical (unpaired) electrons. The van der Waals surface area contributed by atoms with Gasteiger partial charge in [-0.15, -0.1) is 0 Å². The van der Waals surface area contributed by atoms with E-state index in [2.05, 4.69) is 22.4 Å². The Morgan fingerprint density at radius 3 is 2.93 bits per heavy atom. The molecule has 3 aromatic rings. The molecule has 1 aliphatic heterocycles. The van der Waals surface area contributed by atoms with Gasteiger partial charge in [0.15, 0.2) is 5.82 Å². The van der Waals surface area contributed by atoms with Crippen molar-refractivity contribution in [3.8, 4) is 16.9 Å². The van der Waals surface area contributed by atoms with Crippen molar-refractivity contribution in [1.82, 2.24) is 15.1 Å². The van der Waals surface area contributed by atoms with Gasteiger partial charge in [-0.1, -0.05) is 25.1 Å². The number of methoxy groups -OCH3 is 1. The van der Waals surface area contributed by atoms with Crippen LogP contribution in [0.1, 0.15) is 19.8 Å². The summed E-state index contributed by atoms with van der Waals surface area (Å²) in [4.78, 5) is 14.4. The summed E-state index contributed by atoms with van der Waals surface area (Å²) in [6.45, 7) is 3.79. The number of hydrogen-bond donors (Lipinski definition) is 2. The second-order valence-corrected chi connectivity index (χ2v) is 7.19. The minimum atomic E-state index is -0.0770. The van der Waals surface area contributed by atoms with Crippen LogP contribution >= 0.6 is 0 Å². The second kappa shape index (κ2) is 7.31. The molecule has 140 valence electrons. The van der Waals surface area contributed by atoms with Crippen LogP contribution in [-0.2, 0) is 0 Å². The molecule has 6 nitrogen and oxygen atoms in total. The number of urea groups is 1. The Hall–Kier alpha value is -3.02. The summed E-state index contributed by atoms with van der Waals surface area (Å²) in [6, 6.07) is 13.9. The summed E-state index contributed by atoms with van der Waals surface area (Å²) >= 11 is 0. The lowest BCUT2D eigenvalue weighted by Gasteiger charge is -2.30. The molecule has 1 aromatic heterocycles. The molecule has 2 aromatic carbocycles. The molecule has 0 aliphatic carbocycles. The summed E-state index contributed by atoms with van der Waals surface area (Å²) in [5.41, 5.74) is 3.02. The minimum Gasteiger partial charge on any atom is -0.497 e. The van der Waals surface area contributed by atoms with Gasteiger partial charge in [-0.05, 0) is 54.2 Å². The first-order chi connectivity index (χ1) is 13.1. The zero-order valence-electron chi connectivity index (χ0n) is 15.7. The van der Waals surface area contributed by atoms with Crippen LogP contribution < -0.4 is 10.1 Å². The number of amides is 2. The smallest absolute Gasteiger partial charge is 0.323 e. The first kappa shape index (κ1) is 17.4. The maximum absolute atomic E-state index is 12.6. The van der Waals surface area contributed by atoms with Crippen molar-refractivity contribution < 1.29 is 9.53 Å². The van der Waals surface area contributed by atoms with Crippen LogP contribution in [0.5, 0.6) is 5.75 Å². The topological polar surface area (TPSA) is 70.2 Å². The number of fused-ring (bicyclic) bond motifs is 1. The van der Waals surface area contributed by atoms with Crippen molar-refractivity contribution in [3.63, 3.8) is 0 Å². The lowest BCUT2D eigenvalue weighted by atomic mass is 10.0. The van der Waals surface area contributed by atoms with E-state index in [9.17, 15) is 4.79 Å². The van der Waals surface area contributed by atoms with Crippen LogP contribution in [0.25, 0.3) is 22.0 Å². The molecule has 4 rings (SSSR count). The molecular formula is C21H24N4O2. The molecular weight excluding hydrogens is 340 g/mol. The van der Waals surface area contributed by atoms with Crippen LogP contribution in [0.2, 0.25) is 0 Å². The number of ether oxygens (including phenoxy) is 1. The molecule has 1 saturated heterocycles. The molecule has 1 aliphatic rings. The number of hydrogen-bond acceptors (Lipinski definition) is 3. The van der Waals surface area contributed by atoms with Gasteiger partial charge in [0.1, 0.15) is 5.75 Å². The lowest BCUT2D eigenvalue weighted by molar-refractivity contribution is 0.182. The van der Waals surface area contributed by atoms with Gasteiger partial charge in [0.25, 0.3) is 0 Å². The number of benzene rings is 2. The number of H-pyrrole nitrogens is 1. The van der Waals surface area contributed by atoms with Gasteiger partial charge in [-0.25, -0.2) is 4.79 Å². The van der Waals surface area contributed by atoms with Crippen LogP contribution in [0.4, 0.5) is 10.6 Å². The Bertz CT molecular complexity index is 966. The number of carbonyl (C=O) groups is 1. The molecule has 1 unspecified atom stereocenters. The number of rotatable bonds is 3. The van der Waals surface area contributed by atoms with Gasteiger partial charge in [-0.3, -0.25) is 10.4 Å². The summed E-state index contributed by atoms with van der Waals surface area (Å²) in [6.07, 6.45) is 2.24. The summed E-state index contributed by atoms with van der Waals surface area (Å²) in [5.74, 6) is 1.94. The number of nitrogens with one attached hydrogen (secondary N) is 2. The first-order valence-corrected chi connectivity index (χ1v) is 9.32. The fourth-order valence-electron chi connectivity index (χ4n) is 3.65. The van der Waals surface area contributed by atoms with E-state index in [-0.39, 0.29) is 6.03 Å². The molecule has 2 N–H and O–H groups in total. The Morgan fingerprint density at radius 2 is 2.11 bits per heavy atom. The molecule has 2 heterocycles. The Morgan fingerprint density at radius 1 is 1.26 bits per heavy atom. The van der Waals surface area contributed by atoms with E-state index in [1.807, 2.05) is 47.4 Å². The van der Waals surface area contributed by atoms with Gasteiger partial charge in [0.2, 0.25) is 0 Å². The summed E-state index contributed by atoms with van der Waals surface area (Å²) < 4.78 is 5.30. The largest absolute Gasteiger partial charge is 0.497 e. The minimum absolute atomic E-state index is 0.0770. The van der Waals surface area contributed by atoms with Crippen molar-refractivity contribution in [3.05, 3.63) is 42.5 Å². The molecule has 2 amide bonds. The maximum atomic E-state index is 12.6. The van der Waals surface area contributed by atoms with Crippen molar-refractivity contribution in [1.29, 1.82) is 0 Å². The van der Waals surface area contributed by atoms with E-state index < -0.39 is 0 Å².